The van der Waals surface area contributed by atoms with E-state index in [9.17, 15) is 4.79 Å². The molecule has 0 heterocycles. The van der Waals surface area contributed by atoms with Gasteiger partial charge < -0.3 is 14.6 Å². The van der Waals surface area contributed by atoms with Crippen LogP contribution in [0.1, 0.15) is 29.6 Å². The maximum Gasteiger partial charge on any atom is 0.365 e. The van der Waals surface area contributed by atoms with E-state index in [4.69, 9.17) is 4.84 Å². The summed E-state index contributed by atoms with van der Waals surface area (Å²) >= 11 is 0. The smallest absolute Gasteiger partial charge is 0.313 e. The lowest BCUT2D eigenvalue weighted by atomic mass is 9.79. The lowest BCUT2D eigenvalue weighted by molar-refractivity contribution is 0.0508. The second-order valence-electron chi connectivity index (χ2n) is 7.11. The van der Waals surface area contributed by atoms with Crippen LogP contribution < -0.4 is 0 Å². The molecule has 0 spiro atoms. The van der Waals surface area contributed by atoms with Crippen molar-refractivity contribution >= 4 is 11.7 Å². The highest BCUT2D eigenvalue weighted by Crippen LogP contribution is 2.28. The Balaban J connectivity index is 2.15. The molecule has 132 valence electrons. The SMILES string of the molecule is CN(C)CC1CCCC(CN(C)C)C1=NOC(=O)c1ccccc1. The molecule has 1 aliphatic rings. The van der Waals surface area contributed by atoms with Crippen LogP contribution in [-0.4, -0.2) is 62.8 Å². The summed E-state index contributed by atoms with van der Waals surface area (Å²) in [5.41, 5.74) is 1.57. The molecule has 1 fully saturated rings. The molecule has 24 heavy (non-hydrogen) atoms. The second kappa shape index (κ2) is 8.94. The highest BCUT2D eigenvalue weighted by molar-refractivity contribution is 5.92. The summed E-state index contributed by atoms with van der Waals surface area (Å²) in [7, 11) is 8.29. The molecule has 5 nitrogen and oxygen atoms in total. The molecule has 0 bridgehead atoms. The molecular weight excluding hydrogens is 302 g/mol. The summed E-state index contributed by atoms with van der Waals surface area (Å²) in [4.78, 5) is 21.9. The van der Waals surface area contributed by atoms with E-state index < -0.39 is 0 Å². The van der Waals surface area contributed by atoms with Crippen molar-refractivity contribution in [3.63, 3.8) is 0 Å². The third kappa shape index (κ3) is 5.42. The Bertz CT molecular complexity index is 535. The number of carbonyl (C=O) groups excluding carboxylic acids is 1. The summed E-state index contributed by atoms with van der Waals surface area (Å²) in [5.74, 6) is 0.311. The zero-order chi connectivity index (χ0) is 17.5. The highest BCUT2D eigenvalue weighted by atomic mass is 16.7. The molecule has 0 radical (unpaired) electrons. The molecule has 0 N–H and O–H groups in total. The summed E-state index contributed by atoms with van der Waals surface area (Å²) in [5, 5.41) is 4.34. The summed E-state index contributed by atoms with van der Waals surface area (Å²) < 4.78 is 0. The normalized spacial score (nSPS) is 21.2. The lowest BCUT2D eigenvalue weighted by Gasteiger charge is -2.33. The fraction of sp³-hybridized carbons (Fsp3) is 0.579. The Labute approximate surface area is 145 Å². The predicted octanol–water partition coefficient (Wildman–Crippen LogP) is 2.74. The van der Waals surface area contributed by atoms with E-state index in [0.29, 0.717) is 17.4 Å². The van der Waals surface area contributed by atoms with Crippen molar-refractivity contribution in [1.82, 2.24) is 9.80 Å². The second-order valence-corrected chi connectivity index (χ2v) is 7.11. The van der Waals surface area contributed by atoms with Gasteiger partial charge in [0.25, 0.3) is 0 Å². The third-order valence-corrected chi connectivity index (χ3v) is 4.36. The van der Waals surface area contributed by atoms with E-state index >= 15 is 0 Å². The maximum atomic E-state index is 12.2. The van der Waals surface area contributed by atoms with Crippen molar-refractivity contribution in [1.29, 1.82) is 0 Å². The van der Waals surface area contributed by atoms with Gasteiger partial charge in [-0.2, -0.15) is 0 Å². The largest absolute Gasteiger partial charge is 0.365 e. The van der Waals surface area contributed by atoms with E-state index in [0.717, 1.165) is 31.6 Å². The van der Waals surface area contributed by atoms with Crippen molar-refractivity contribution in [2.75, 3.05) is 41.3 Å². The van der Waals surface area contributed by atoms with Crippen LogP contribution in [0.3, 0.4) is 0 Å². The Hall–Kier alpha value is -1.72. The minimum absolute atomic E-state index is 0.349. The average molecular weight is 331 g/mol. The monoisotopic (exact) mass is 331 g/mol. The fourth-order valence-electron chi connectivity index (χ4n) is 3.36. The molecule has 1 saturated carbocycles. The number of hydrogen-bond donors (Lipinski definition) is 0. The third-order valence-electron chi connectivity index (χ3n) is 4.36. The summed E-state index contributed by atoms with van der Waals surface area (Å²) in [6, 6.07) is 9.03. The number of benzene rings is 1. The van der Waals surface area contributed by atoms with Gasteiger partial charge in [0.05, 0.1) is 11.3 Å². The van der Waals surface area contributed by atoms with Gasteiger partial charge >= 0.3 is 5.97 Å². The first-order chi connectivity index (χ1) is 11.5. The number of oxime groups is 1. The van der Waals surface area contributed by atoms with Crippen LogP contribution in [0.4, 0.5) is 0 Å². The Morgan fingerprint density at radius 3 is 2.08 bits per heavy atom. The standard InChI is InChI=1S/C19H29N3O2/c1-21(2)13-16-11-8-12-17(14-22(3)4)18(16)20-24-19(23)15-9-6-5-7-10-15/h5-7,9-10,16-17H,8,11-14H2,1-4H3. The molecule has 0 saturated heterocycles. The van der Waals surface area contributed by atoms with Gasteiger partial charge in [0.1, 0.15) is 0 Å². The number of nitrogens with zero attached hydrogens (tertiary/aromatic N) is 3. The van der Waals surface area contributed by atoms with Gasteiger partial charge in [-0.25, -0.2) is 4.79 Å². The van der Waals surface area contributed by atoms with Crippen LogP contribution in [0.15, 0.2) is 35.5 Å². The molecule has 0 aromatic heterocycles. The number of carbonyl (C=O) groups is 1. The zero-order valence-electron chi connectivity index (χ0n) is 15.2. The van der Waals surface area contributed by atoms with E-state index in [-0.39, 0.29) is 5.97 Å². The lowest BCUT2D eigenvalue weighted by Crippen LogP contribution is -2.39. The quantitative estimate of drug-likeness (QED) is 0.594. The van der Waals surface area contributed by atoms with E-state index in [1.165, 1.54) is 6.42 Å². The van der Waals surface area contributed by atoms with E-state index in [2.05, 4.69) is 43.1 Å². The van der Waals surface area contributed by atoms with Crippen molar-refractivity contribution in [2.45, 2.75) is 19.3 Å². The van der Waals surface area contributed by atoms with Crippen molar-refractivity contribution in [3.8, 4) is 0 Å². The number of rotatable bonds is 6. The molecular formula is C19H29N3O2. The first-order valence-corrected chi connectivity index (χ1v) is 8.61. The van der Waals surface area contributed by atoms with Gasteiger partial charge in [-0.15, -0.1) is 0 Å². The van der Waals surface area contributed by atoms with Crippen LogP contribution in [0.25, 0.3) is 0 Å². The highest BCUT2D eigenvalue weighted by Gasteiger charge is 2.31. The molecule has 1 aromatic carbocycles. The summed E-state index contributed by atoms with van der Waals surface area (Å²) in [6.45, 7) is 1.87. The average Bonchev–Trinajstić information content (AvgIpc) is 2.54. The van der Waals surface area contributed by atoms with Gasteiger partial charge in [-0.3, -0.25) is 0 Å². The number of hydrogen-bond acceptors (Lipinski definition) is 5. The first kappa shape index (κ1) is 18.6. The first-order valence-electron chi connectivity index (χ1n) is 8.61. The molecule has 1 aliphatic carbocycles. The van der Waals surface area contributed by atoms with Crippen LogP contribution in [0.5, 0.6) is 0 Å². The fourth-order valence-corrected chi connectivity index (χ4v) is 3.36. The molecule has 2 unspecified atom stereocenters. The molecule has 0 aliphatic heterocycles. The van der Waals surface area contributed by atoms with Crippen molar-refractivity contribution < 1.29 is 9.63 Å². The van der Waals surface area contributed by atoms with Gasteiger partial charge in [0.2, 0.25) is 0 Å². The molecule has 1 aromatic rings. The van der Waals surface area contributed by atoms with Crippen molar-refractivity contribution in [3.05, 3.63) is 35.9 Å². The van der Waals surface area contributed by atoms with Crippen LogP contribution in [0, 0.1) is 11.8 Å². The molecule has 2 rings (SSSR count). The van der Waals surface area contributed by atoms with E-state index in [1.807, 2.05) is 18.2 Å². The minimum Gasteiger partial charge on any atom is -0.313 e. The summed E-state index contributed by atoms with van der Waals surface area (Å²) in [6.07, 6.45) is 3.40. The molecule has 2 atom stereocenters. The zero-order valence-corrected chi connectivity index (χ0v) is 15.2. The molecule has 5 heteroatoms. The predicted molar refractivity (Wildman–Crippen MR) is 97.2 cm³/mol. The van der Waals surface area contributed by atoms with Crippen LogP contribution in [0.2, 0.25) is 0 Å². The Morgan fingerprint density at radius 2 is 1.58 bits per heavy atom. The van der Waals surface area contributed by atoms with E-state index in [1.54, 1.807) is 12.1 Å². The molecule has 0 amide bonds. The van der Waals surface area contributed by atoms with Gasteiger partial charge in [-0.05, 0) is 53.2 Å². The van der Waals surface area contributed by atoms with Gasteiger partial charge in [0, 0.05) is 24.9 Å². The van der Waals surface area contributed by atoms with Crippen molar-refractivity contribution in [2.24, 2.45) is 17.0 Å². The Morgan fingerprint density at radius 1 is 1.04 bits per heavy atom. The van der Waals surface area contributed by atoms with Crippen LogP contribution >= 0.6 is 0 Å². The minimum atomic E-state index is -0.388. The van der Waals surface area contributed by atoms with Gasteiger partial charge in [0.15, 0.2) is 0 Å². The Kier molecular flexibility index (Phi) is 6.94. The maximum absolute atomic E-state index is 12.2. The van der Waals surface area contributed by atoms with Gasteiger partial charge in [-0.1, -0.05) is 29.8 Å². The topological polar surface area (TPSA) is 45.1 Å². The van der Waals surface area contributed by atoms with Crippen LogP contribution in [-0.2, 0) is 4.84 Å².